The standard InChI is InChI=1S/C17H26N2O4S/c1-13-12-14(18)9-10-19(13)17(20)4-3-11-23-15-5-7-16(8-6-15)24(2,21)22/h5-8,13-14H,3-4,9-12,18H2,1-2H3/t13-,14+/m0/s1. The number of hydrogen-bond donors (Lipinski definition) is 1. The summed E-state index contributed by atoms with van der Waals surface area (Å²) >= 11 is 0. The van der Waals surface area contributed by atoms with Crippen LogP contribution in [0.2, 0.25) is 0 Å². The van der Waals surface area contributed by atoms with E-state index in [1.807, 2.05) is 11.8 Å². The molecule has 0 radical (unpaired) electrons. The molecule has 1 heterocycles. The third-order valence-corrected chi connectivity index (χ3v) is 5.42. The van der Waals surface area contributed by atoms with E-state index in [4.69, 9.17) is 10.5 Å². The van der Waals surface area contributed by atoms with Crippen LogP contribution in [0, 0.1) is 0 Å². The molecule has 0 saturated carbocycles. The molecular formula is C17H26N2O4S. The Labute approximate surface area is 143 Å². The highest BCUT2D eigenvalue weighted by atomic mass is 32.2. The summed E-state index contributed by atoms with van der Waals surface area (Å²) in [5, 5.41) is 0. The number of carbonyl (C=O) groups is 1. The molecule has 1 fully saturated rings. The molecule has 2 atom stereocenters. The first-order valence-corrected chi connectivity index (χ1v) is 10.1. The second kappa shape index (κ2) is 7.98. The van der Waals surface area contributed by atoms with Crippen molar-refractivity contribution in [3.8, 4) is 5.75 Å². The molecule has 7 heteroatoms. The first kappa shape index (κ1) is 18.7. The van der Waals surface area contributed by atoms with Gasteiger partial charge in [-0.2, -0.15) is 0 Å². The monoisotopic (exact) mass is 354 g/mol. The Kier molecular flexibility index (Phi) is 6.23. The molecule has 0 spiro atoms. The number of ether oxygens (including phenoxy) is 1. The summed E-state index contributed by atoms with van der Waals surface area (Å²) in [5.74, 6) is 0.748. The van der Waals surface area contributed by atoms with Crippen LogP contribution in [-0.4, -0.2) is 50.7 Å². The molecule has 1 amide bonds. The highest BCUT2D eigenvalue weighted by Gasteiger charge is 2.26. The van der Waals surface area contributed by atoms with Crippen LogP contribution in [0.25, 0.3) is 0 Å². The number of nitrogens with two attached hydrogens (primary N) is 1. The molecule has 0 bridgehead atoms. The number of amides is 1. The summed E-state index contributed by atoms with van der Waals surface area (Å²) in [6.07, 6.45) is 3.96. The van der Waals surface area contributed by atoms with Crippen LogP contribution < -0.4 is 10.5 Å². The van der Waals surface area contributed by atoms with E-state index >= 15 is 0 Å². The second-order valence-corrected chi connectivity index (χ2v) is 8.43. The number of sulfone groups is 1. The zero-order chi connectivity index (χ0) is 17.7. The zero-order valence-corrected chi connectivity index (χ0v) is 15.1. The van der Waals surface area contributed by atoms with Crippen molar-refractivity contribution in [3.63, 3.8) is 0 Å². The Balaban J connectivity index is 1.74. The van der Waals surface area contributed by atoms with Gasteiger partial charge in [0.1, 0.15) is 5.75 Å². The Morgan fingerprint density at radius 2 is 2.00 bits per heavy atom. The smallest absolute Gasteiger partial charge is 0.222 e. The van der Waals surface area contributed by atoms with Gasteiger partial charge < -0.3 is 15.4 Å². The number of likely N-dealkylation sites (tertiary alicyclic amines) is 1. The Morgan fingerprint density at radius 1 is 1.33 bits per heavy atom. The first-order valence-electron chi connectivity index (χ1n) is 8.25. The fourth-order valence-electron chi connectivity index (χ4n) is 2.92. The predicted octanol–water partition coefficient (Wildman–Crippen LogP) is 1.59. The van der Waals surface area contributed by atoms with Crippen molar-refractivity contribution in [1.29, 1.82) is 0 Å². The predicted molar refractivity (Wildman–Crippen MR) is 92.7 cm³/mol. The number of carbonyl (C=O) groups excluding carboxylic acids is 1. The highest BCUT2D eigenvalue weighted by molar-refractivity contribution is 7.90. The van der Waals surface area contributed by atoms with E-state index < -0.39 is 9.84 Å². The second-order valence-electron chi connectivity index (χ2n) is 6.42. The molecule has 1 aliphatic rings. The molecule has 0 aliphatic carbocycles. The van der Waals surface area contributed by atoms with Crippen LogP contribution in [-0.2, 0) is 14.6 Å². The van der Waals surface area contributed by atoms with Crippen molar-refractivity contribution < 1.29 is 17.9 Å². The number of piperidine rings is 1. The Morgan fingerprint density at radius 3 is 2.58 bits per heavy atom. The fourth-order valence-corrected chi connectivity index (χ4v) is 3.55. The zero-order valence-electron chi connectivity index (χ0n) is 14.3. The summed E-state index contributed by atoms with van der Waals surface area (Å²) in [6.45, 7) is 3.19. The minimum atomic E-state index is -3.19. The summed E-state index contributed by atoms with van der Waals surface area (Å²) in [5.41, 5.74) is 5.92. The normalized spacial score (nSPS) is 21.5. The molecule has 2 N–H and O–H groups in total. The Hall–Kier alpha value is -1.60. The molecule has 2 rings (SSSR count). The van der Waals surface area contributed by atoms with Gasteiger partial charge in [-0.3, -0.25) is 4.79 Å². The molecule has 24 heavy (non-hydrogen) atoms. The van der Waals surface area contributed by atoms with Crippen LogP contribution >= 0.6 is 0 Å². The molecular weight excluding hydrogens is 328 g/mol. The summed E-state index contributed by atoms with van der Waals surface area (Å²) in [4.78, 5) is 14.4. The van der Waals surface area contributed by atoms with E-state index in [0.717, 1.165) is 19.4 Å². The van der Waals surface area contributed by atoms with E-state index in [1.165, 1.54) is 18.4 Å². The van der Waals surface area contributed by atoms with E-state index in [-0.39, 0.29) is 22.9 Å². The number of nitrogens with zero attached hydrogens (tertiary/aromatic N) is 1. The molecule has 6 nitrogen and oxygen atoms in total. The molecule has 1 aromatic rings. The van der Waals surface area contributed by atoms with Gasteiger partial charge >= 0.3 is 0 Å². The third kappa shape index (κ3) is 5.21. The summed E-state index contributed by atoms with van der Waals surface area (Å²) in [7, 11) is -3.19. The van der Waals surface area contributed by atoms with E-state index in [0.29, 0.717) is 25.2 Å². The fraction of sp³-hybridized carbons (Fsp3) is 0.588. The van der Waals surface area contributed by atoms with Gasteiger partial charge in [-0.25, -0.2) is 8.42 Å². The van der Waals surface area contributed by atoms with Crippen molar-refractivity contribution in [2.45, 2.75) is 49.6 Å². The molecule has 1 saturated heterocycles. The maximum absolute atomic E-state index is 12.2. The van der Waals surface area contributed by atoms with Gasteiger partial charge in [0.25, 0.3) is 0 Å². The lowest BCUT2D eigenvalue weighted by molar-refractivity contribution is -0.134. The quantitative estimate of drug-likeness (QED) is 0.784. The van der Waals surface area contributed by atoms with Gasteiger partial charge in [-0.05, 0) is 50.5 Å². The van der Waals surface area contributed by atoms with Gasteiger partial charge in [0.15, 0.2) is 9.84 Å². The van der Waals surface area contributed by atoms with Crippen LogP contribution in [0.15, 0.2) is 29.2 Å². The van der Waals surface area contributed by atoms with Crippen molar-refractivity contribution >= 4 is 15.7 Å². The molecule has 134 valence electrons. The van der Waals surface area contributed by atoms with Gasteiger partial charge in [-0.15, -0.1) is 0 Å². The summed E-state index contributed by atoms with van der Waals surface area (Å²) in [6, 6.07) is 6.70. The SMILES string of the molecule is C[C@H]1C[C@H](N)CCN1C(=O)CCCOc1ccc(S(C)(=O)=O)cc1. The van der Waals surface area contributed by atoms with E-state index in [9.17, 15) is 13.2 Å². The van der Waals surface area contributed by atoms with Crippen molar-refractivity contribution in [3.05, 3.63) is 24.3 Å². The molecule has 1 aliphatic heterocycles. The van der Waals surface area contributed by atoms with Gasteiger partial charge in [-0.1, -0.05) is 0 Å². The molecule has 1 aromatic carbocycles. The van der Waals surface area contributed by atoms with E-state index in [2.05, 4.69) is 0 Å². The van der Waals surface area contributed by atoms with Crippen LogP contribution in [0.1, 0.15) is 32.6 Å². The molecule has 0 unspecified atom stereocenters. The average Bonchev–Trinajstić information content (AvgIpc) is 2.51. The van der Waals surface area contributed by atoms with Gasteiger partial charge in [0.2, 0.25) is 5.91 Å². The number of hydrogen-bond acceptors (Lipinski definition) is 5. The maximum Gasteiger partial charge on any atom is 0.222 e. The molecule has 0 aromatic heterocycles. The number of rotatable bonds is 6. The maximum atomic E-state index is 12.2. The van der Waals surface area contributed by atoms with Crippen LogP contribution in [0.5, 0.6) is 5.75 Å². The summed E-state index contributed by atoms with van der Waals surface area (Å²) < 4.78 is 28.3. The first-order chi connectivity index (χ1) is 11.3. The lowest BCUT2D eigenvalue weighted by Crippen LogP contribution is -2.48. The largest absolute Gasteiger partial charge is 0.494 e. The van der Waals surface area contributed by atoms with Crippen LogP contribution in [0.3, 0.4) is 0 Å². The number of benzene rings is 1. The minimum Gasteiger partial charge on any atom is -0.494 e. The van der Waals surface area contributed by atoms with Gasteiger partial charge in [0.05, 0.1) is 11.5 Å². The van der Waals surface area contributed by atoms with Gasteiger partial charge in [0, 0.05) is 31.3 Å². The lowest BCUT2D eigenvalue weighted by atomic mass is 9.98. The average molecular weight is 354 g/mol. The van der Waals surface area contributed by atoms with Crippen molar-refractivity contribution in [2.75, 3.05) is 19.4 Å². The van der Waals surface area contributed by atoms with Crippen molar-refractivity contribution in [1.82, 2.24) is 4.90 Å². The Bertz CT molecular complexity index is 658. The topological polar surface area (TPSA) is 89.7 Å². The van der Waals surface area contributed by atoms with E-state index in [1.54, 1.807) is 12.1 Å². The third-order valence-electron chi connectivity index (χ3n) is 4.29. The van der Waals surface area contributed by atoms with Crippen LogP contribution in [0.4, 0.5) is 0 Å². The van der Waals surface area contributed by atoms with Crippen molar-refractivity contribution in [2.24, 2.45) is 5.73 Å². The lowest BCUT2D eigenvalue weighted by Gasteiger charge is -2.36. The highest BCUT2D eigenvalue weighted by Crippen LogP contribution is 2.18. The minimum absolute atomic E-state index is 0.144.